The van der Waals surface area contributed by atoms with Crippen molar-refractivity contribution in [2.24, 2.45) is 0 Å². The zero-order chi connectivity index (χ0) is 12.5. The summed E-state index contributed by atoms with van der Waals surface area (Å²) in [5, 5.41) is 10.6. The lowest BCUT2D eigenvalue weighted by Crippen LogP contribution is -1.89. The molecule has 3 rings (SSSR count). The molecule has 0 atom stereocenters. The maximum absolute atomic E-state index is 5.89. The van der Waals surface area contributed by atoms with Crippen LogP contribution in [0.15, 0.2) is 45.5 Å². The van der Waals surface area contributed by atoms with Crippen molar-refractivity contribution in [2.45, 2.75) is 0 Å². The van der Waals surface area contributed by atoms with Gasteiger partial charge in [0.1, 0.15) is 5.69 Å². The molecule has 90 valence electrons. The molecule has 5 nitrogen and oxygen atoms in total. The average molecular weight is 305 g/mol. The van der Waals surface area contributed by atoms with Gasteiger partial charge in [0.2, 0.25) is 0 Å². The van der Waals surface area contributed by atoms with Crippen LogP contribution >= 0.6 is 15.9 Å². The van der Waals surface area contributed by atoms with Gasteiger partial charge in [0.25, 0.3) is 0 Å². The van der Waals surface area contributed by atoms with Crippen LogP contribution < -0.4 is 5.73 Å². The highest BCUT2D eigenvalue weighted by Gasteiger charge is 2.19. The second-order valence-corrected chi connectivity index (χ2v) is 4.58. The zero-order valence-corrected chi connectivity index (χ0v) is 10.8. The molecule has 0 radical (unpaired) electrons. The molecular weight excluding hydrogens is 296 g/mol. The van der Waals surface area contributed by atoms with Crippen LogP contribution in [0.3, 0.4) is 0 Å². The van der Waals surface area contributed by atoms with Crippen LogP contribution in [-0.2, 0) is 0 Å². The molecule has 18 heavy (non-hydrogen) atoms. The summed E-state index contributed by atoms with van der Waals surface area (Å²) in [5.41, 5.74) is 8.32. The molecule has 2 aromatic heterocycles. The van der Waals surface area contributed by atoms with E-state index < -0.39 is 0 Å². The number of H-pyrrole nitrogens is 1. The number of nitrogens with two attached hydrogens (primary N) is 1. The Morgan fingerprint density at radius 1 is 1.22 bits per heavy atom. The molecule has 6 heteroatoms. The number of halogens is 1. The standard InChI is InChI=1S/C12H9BrN4O/c13-8-4-2-1-3-7(8)10-11(18-17-12(10)14)9-5-6-15-16-9/h1-6H,(H2,14,17)(H,15,16). The van der Waals surface area contributed by atoms with Gasteiger partial charge in [0.15, 0.2) is 11.6 Å². The highest BCUT2D eigenvalue weighted by Crippen LogP contribution is 2.38. The number of anilines is 1. The maximum atomic E-state index is 5.89. The summed E-state index contributed by atoms with van der Waals surface area (Å²) in [6.07, 6.45) is 1.65. The van der Waals surface area contributed by atoms with Crippen LogP contribution in [0, 0.1) is 0 Å². The van der Waals surface area contributed by atoms with Gasteiger partial charge in [0.05, 0.1) is 5.56 Å². The predicted molar refractivity (Wildman–Crippen MR) is 71.6 cm³/mol. The van der Waals surface area contributed by atoms with E-state index in [1.54, 1.807) is 12.3 Å². The minimum atomic E-state index is 0.353. The van der Waals surface area contributed by atoms with Gasteiger partial charge in [-0.15, -0.1) is 0 Å². The van der Waals surface area contributed by atoms with E-state index in [-0.39, 0.29) is 0 Å². The number of rotatable bonds is 2. The molecule has 0 aliphatic heterocycles. The molecule has 0 aliphatic carbocycles. The first-order valence-electron chi connectivity index (χ1n) is 5.27. The Kier molecular flexibility index (Phi) is 2.64. The third-order valence-corrected chi connectivity index (χ3v) is 3.30. The normalized spacial score (nSPS) is 10.7. The van der Waals surface area contributed by atoms with Gasteiger partial charge >= 0.3 is 0 Å². The Bertz CT molecular complexity index is 675. The molecular formula is C12H9BrN4O. The highest BCUT2D eigenvalue weighted by molar-refractivity contribution is 9.10. The van der Waals surface area contributed by atoms with Crippen molar-refractivity contribution >= 4 is 21.7 Å². The molecule has 1 aromatic carbocycles. The maximum Gasteiger partial charge on any atom is 0.194 e. The number of nitrogens with zero attached hydrogens (tertiary/aromatic N) is 2. The third-order valence-electron chi connectivity index (χ3n) is 2.61. The minimum Gasteiger partial charge on any atom is -0.380 e. The fourth-order valence-electron chi connectivity index (χ4n) is 1.79. The number of nitrogens with one attached hydrogen (secondary N) is 1. The van der Waals surface area contributed by atoms with Crippen molar-refractivity contribution in [3.8, 4) is 22.6 Å². The van der Waals surface area contributed by atoms with Crippen LogP contribution in [0.25, 0.3) is 22.6 Å². The van der Waals surface area contributed by atoms with E-state index in [0.717, 1.165) is 21.3 Å². The van der Waals surface area contributed by atoms with Crippen LogP contribution in [0.1, 0.15) is 0 Å². The minimum absolute atomic E-state index is 0.353. The molecule has 0 bridgehead atoms. The molecule has 0 unspecified atom stereocenters. The average Bonchev–Trinajstić information content (AvgIpc) is 2.99. The number of hydrogen-bond acceptors (Lipinski definition) is 4. The van der Waals surface area contributed by atoms with Gasteiger partial charge in [-0.25, -0.2) is 0 Å². The van der Waals surface area contributed by atoms with Crippen LogP contribution in [-0.4, -0.2) is 15.4 Å². The first-order valence-corrected chi connectivity index (χ1v) is 6.06. The lowest BCUT2D eigenvalue weighted by Gasteiger charge is -2.03. The number of benzene rings is 1. The molecule has 0 fully saturated rings. The quantitative estimate of drug-likeness (QED) is 0.762. The molecule has 2 heterocycles. The smallest absolute Gasteiger partial charge is 0.194 e. The van der Waals surface area contributed by atoms with Crippen LogP contribution in [0.2, 0.25) is 0 Å². The first kappa shape index (κ1) is 11.0. The van der Waals surface area contributed by atoms with E-state index in [4.69, 9.17) is 10.3 Å². The second-order valence-electron chi connectivity index (χ2n) is 3.72. The Morgan fingerprint density at radius 2 is 2.06 bits per heavy atom. The fraction of sp³-hybridized carbons (Fsp3) is 0. The fourth-order valence-corrected chi connectivity index (χ4v) is 2.28. The molecule has 0 spiro atoms. The third kappa shape index (κ3) is 1.70. The van der Waals surface area contributed by atoms with Gasteiger partial charge < -0.3 is 10.3 Å². The van der Waals surface area contributed by atoms with Gasteiger partial charge in [0, 0.05) is 16.2 Å². The number of aromatic amines is 1. The molecule has 0 aliphatic rings. The monoisotopic (exact) mass is 304 g/mol. The van der Waals surface area contributed by atoms with Crippen LogP contribution in [0.4, 0.5) is 5.82 Å². The summed E-state index contributed by atoms with van der Waals surface area (Å²) in [7, 11) is 0. The molecule has 0 saturated heterocycles. The summed E-state index contributed by atoms with van der Waals surface area (Å²) >= 11 is 3.50. The van der Waals surface area contributed by atoms with Crippen molar-refractivity contribution < 1.29 is 4.52 Å². The van der Waals surface area contributed by atoms with E-state index in [9.17, 15) is 0 Å². The number of aromatic nitrogens is 3. The number of hydrogen-bond donors (Lipinski definition) is 2. The summed E-state index contributed by atoms with van der Waals surface area (Å²) in [4.78, 5) is 0. The van der Waals surface area contributed by atoms with Gasteiger partial charge in [-0.05, 0) is 12.1 Å². The Hall–Kier alpha value is -2.08. The van der Waals surface area contributed by atoms with Crippen molar-refractivity contribution in [1.82, 2.24) is 15.4 Å². The van der Waals surface area contributed by atoms with Gasteiger partial charge in [-0.1, -0.05) is 39.3 Å². The highest BCUT2D eigenvalue weighted by atomic mass is 79.9. The zero-order valence-electron chi connectivity index (χ0n) is 9.22. The van der Waals surface area contributed by atoms with E-state index >= 15 is 0 Å². The van der Waals surface area contributed by atoms with Gasteiger partial charge in [-0.2, -0.15) is 5.10 Å². The van der Waals surface area contributed by atoms with Crippen molar-refractivity contribution in [3.05, 3.63) is 41.0 Å². The lowest BCUT2D eigenvalue weighted by molar-refractivity contribution is 0.434. The summed E-state index contributed by atoms with van der Waals surface area (Å²) < 4.78 is 6.21. The number of nitrogen functional groups attached to an aromatic ring is 1. The van der Waals surface area contributed by atoms with E-state index in [2.05, 4.69) is 31.3 Å². The van der Waals surface area contributed by atoms with Crippen LogP contribution in [0.5, 0.6) is 0 Å². The molecule has 0 amide bonds. The molecule has 0 saturated carbocycles. The topological polar surface area (TPSA) is 80.7 Å². The van der Waals surface area contributed by atoms with Crippen molar-refractivity contribution in [2.75, 3.05) is 5.73 Å². The Morgan fingerprint density at radius 3 is 2.78 bits per heavy atom. The summed E-state index contributed by atoms with van der Waals surface area (Å²) in [6, 6.07) is 9.57. The lowest BCUT2D eigenvalue weighted by atomic mass is 10.0. The predicted octanol–water partition coefficient (Wildman–Crippen LogP) is 3.08. The van der Waals surface area contributed by atoms with E-state index in [1.165, 1.54) is 0 Å². The van der Waals surface area contributed by atoms with Crippen molar-refractivity contribution in [1.29, 1.82) is 0 Å². The van der Waals surface area contributed by atoms with E-state index in [1.807, 2.05) is 24.3 Å². The van der Waals surface area contributed by atoms with Crippen molar-refractivity contribution in [3.63, 3.8) is 0 Å². The second kappa shape index (κ2) is 4.30. The largest absolute Gasteiger partial charge is 0.380 e. The SMILES string of the molecule is Nc1noc(-c2ccn[nH]2)c1-c1ccccc1Br. The summed E-state index contributed by atoms with van der Waals surface area (Å²) in [5.74, 6) is 0.934. The summed E-state index contributed by atoms with van der Waals surface area (Å²) in [6.45, 7) is 0. The molecule has 3 aromatic rings. The Labute approximate surface area is 111 Å². The van der Waals surface area contributed by atoms with Gasteiger partial charge in [-0.3, -0.25) is 5.10 Å². The van der Waals surface area contributed by atoms with E-state index in [0.29, 0.717) is 11.6 Å². The molecule has 3 N–H and O–H groups in total. The first-order chi connectivity index (χ1) is 8.77. The Balaban J connectivity index is 2.24.